The molecule has 4 rings (SSSR count). The van der Waals surface area contributed by atoms with Gasteiger partial charge in [-0.2, -0.15) is 0 Å². The normalized spacial score (nSPS) is 11.2. The maximum Gasteiger partial charge on any atom is 0.247 e. The summed E-state index contributed by atoms with van der Waals surface area (Å²) in [6, 6.07) is 30.2. The Hall–Kier alpha value is -5.11. The van der Waals surface area contributed by atoms with Crippen LogP contribution in [0, 0.1) is 5.41 Å². The molecule has 5 N–H and O–H groups in total. The molecule has 0 spiro atoms. The highest BCUT2D eigenvalue weighted by Crippen LogP contribution is 2.36. The minimum atomic E-state index is -0.896. The van der Waals surface area contributed by atoms with E-state index in [1.54, 1.807) is 54.5 Å². The second kappa shape index (κ2) is 12.4. The number of anilines is 3. The number of nitrogens with two attached hydrogens (primary N) is 1. The summed E-state index contributed by atoms with van der Waals surface area (Å²) in [7, 11) is 1.55. The topological polar surface area (TPSA) is 121 Å². The highest BCUT2D eigenvalue weighted by molar-refractivity contribution is 6.01. The van der Waals surface area contributed by atoms with Crippen molar-refractivity contribution in [1.29, 1.82) is 5.41 Å². The van der Waals surface area contributed by atoms with Gasteiger partial charge in [-0.3, -0.25) is 19.9 Å². The lowest BCUT2D eigenvalue weighted by atomic mass is 10.0. The molecule has 8 nitrogen and oxygen atoms in total. The monoisotopic (exact) mass is 521 g/mol. The SMILES string of the molecule is COc1ccc(N(C(C)=O)c2ccccc2)c(C(Nc2ccc(C(=N)N)cc2)C(=O)NCc2ccccc2)c1. The van der Waals surface area contributed by atoms with Crippen molar-refractivity contribution < 1.29 is 14.3 Å². The number of amidine groups is 1. The Bertz CT molecular complexity index is 1440. The lowest BCUT2D eigenvalue weighted by molar-refractivity contribution is -0.122. The quantitative estimate of drug-likeness (QED) is 0.170. The summed E-state index contributed by atoms with van der Waals surface area (Å²) in [6.07, 6.45) is 0. The Morgan fingerprint density at radius 3 is 2.15 bits per heavy atom. The summed E-state index contributed by atoms with van der Waals surface area (Å²) in [4.78, 5) is 28.3. The van der Waals surface area contributed by atoms with Crippen molar-refractivity contribution in [2.24, 2.45) is 5.73 Å². The third kappa shape index (κ3) is 6.61. The molecule has 0 aliphatic carbocycles. The van der Waals surface area contributed by atoms with Gasteiger partial charge in [0, 0.05) is 36.0 Å². The van der Waals surface area contributed by atoms with Gasteiger partial charge in [0.15, 0.2) is 0 Å². The smallest absolute Gasteiger partial charge is 0.247 e. The van der Waals surface area contributed by atoms with Crippen LogP contribution in [0.3, 0.4) is 0 Å². The molecule has 0 radical (unpaired) electrons. The van der Waals surface area contributed by atoms with Crippen molar-refractivity contribution in [3.8, 4) is 5.75 Å². The van der Waals surface area contributed by atoms with Gasteiger partial charge in [0.25, 0.3) is 0 Å². The second-order valence-corrected chi connectivity index (χ2v) is 8.89. The van der Waals surface area contributed by atoms with Crippen LogP contribution >= 0.6 is 0 Å². The highest BCUT2D eigenvalue weighted by Gasteiger charge is 2.28. The van der Waals surface area contributed by atoms with Crippen LogP contribution in [-0.4, -0.2) is 24.8 Å². The van der Waals surface area contributed by atoms with E-state index in [4.69, 9.17) is 15.9 Å². The molecule has 0 heterocycles. The third-order valence-electron chi connectivity index (χ3n) is 6.19. The van der Waals surface area contributed by atoms with Gasteiger partial charge < -0.3 is 21.1 Å². The zero-order chi connectivity index (χ0) is 27.8. The van der Waals surface area contributed by atoms with Crippen LogP contribution < -0.4 is 26.0 Å². The predicted molar refractivity (Wildman–Crippen MR) is 154 cm³/mol. The number of hydrogen-bond acceptors (Lipinski definition) is 5. The molecule has 8 heteroatoms. The molecule has 1 atom stereocenters. The number of carbonyl (C=O) groups is 2. The molecule has 0 saturated heterocycles. The molecule has 0 aliphatic rings. The van der Waals surface area contributed by atoms with Crippen molar-refractivity contribution in [1.82, 2.24) is 5.32 Å². The number of benzene rings is 4. The van der Waals surface area contributed by atoms with Crippen molar-refractivity contribution in [3.63, 3.8) is 0 Å². The van der Waals surface area contributed by atoms with Crippen molar-refractivity contribution >= 4 is 34.7 Å². The van der Waals surface area contributed by atoms with Crippen LogP contribution in [0.4, 0.5) is 17.1 Å². The Morgan fingerprint density at radius 2 is 1.56 bits per heavy atom. The van der Waals surface area contributed by atoms with Gasteiger partial charge in [0.2, 0.25) is 11.8 Å². The number of para-hydroxylation sites is 1. The van der Waals surface area contributed by atoms with E-state index in [1.807, 2.05) is 60.7 Å². The fourth-order valence-electron chi connectivity index (χ4n) is 4.25. The zero-order valence-corrected chi connectivity index (χ0v) is 21.8. The molecule has 0 saturated carbocycles. The largest absolute Gasteiger partial charge is 0.497 e. The molecule has 198 valence electrons. The van der Waals surface area contributed by atoms with E-state index < -0.39 is 6.04 Å². The summed E-state index contributed by atoms with van der Waals surface area (Å²) in [5.41, 5.74) is 9.55. The van der Waals surface area contributed by atoms with E-state index in [0.717, 1.165) is 5.56 Å². The van der Waals surface area contributed by atoms with Crippen LogP contribution in [0.25, 0.3) is 0 Å². The average molecular weight is 522 g/mol. The van der Waals surface area contributed by atoms with Gasteiger partial charge in [0.1, 0.15) is 17.6 Å². The summed E-state index contributed by atoms with van der Waals surface area (Å²) in [5.74, 6) is -0.00363. The van der Waals surface area contributed by atoms with Crippen molar-refractivity contribution in [3.05, 3.63) is 120 Å². The molecule has 4 aromatic rings. The molecule has 2 amide bonds. The molecule has 0 aromatic heterocycles. The highest BCUT2D eigenvalue weighted by atomic mass is 16.5. The van der Waals surface area contributed by atoms with Crippen molar-refractivity contribution in [2.45, 2.75) is 19.5 Å². The number of nitrogens with one attached hydrogen (secondary N) is 3. The molecule has 0 aliphatic heterocycles. The minimum absolute atomic E-state index is 0.0475. The fraction of sp³-hybridized carbons (Fsp3) is 0.129. The van der Waals surface area contributed by atoms with E-state index in [-0.39, 0.29) is 17.6 Å². The number of methoxy groups -OCH3 is 1. The lowest BCUT2D eigenvalue weighted by Gasteiger charge is -2.29. The van der Waals surface area contributed by atoms with Crippen LogP contribution in [-0.2, 0) is 16.1 Å². The molecule has 1 unspecified atom stereocenters. The van der Waals surface area contributed by atoms with Crippen LogP contribution in [0.15, 0.2) is 103 Å². The van der Waals surface area contributed by atoms with Crippen molar-refractivity contribution in [2.75, 3.05) is 17.3 Å². The van der Waals surface area contributed by atoms with E-state index in [1.165, 1.54) is 6.92 Å². The lowest BCUT2D eigenvalue weighted by Crippen LogP contribution is -2.35. The molecular weight excluding hydrogens is 490 g/mol. The van der Waals surface area contributed by atoms with Gasteiger partial charge in [0.05, 0.1) is 12.8 Å². The number of carbonyl (C=O) groups excluding carboxylic acids is 2. The predicted octanol–water partition coefficient (Wildman–Crippen LogP) is 5.13. The van der Waals surface area contributed by atoms with E-state index in [2.05, 4.69) is 10.6 Å². The Kier molecular flexibility index (Phi) is 8.58. The van der Waals surface area contributed by atoms with Gasteiger partial charge >= 0.3 is 0 Å². The van der Waals surface area contributed by atoms with E-state index >= 15 is 0 Å². The van der Waals surface area contributed by atoms with E-state index in [9.17, 15) is 9.59 Å². The van der Waals surface area contributed by atoms with Crippen LogP contribution in [0.2, 0.25) is 0 Å². The number of amides is 2. The van der Waals surface area contributed by atoms with Gasteiger partial charge in [-0.25, -0.2) is 0 Å². The van der Waals surface area contributed by atoms with Crippen LogP contribution in [0.5, 0.6) is 5.75 Å². The summed E-state index contributed by atoms with van der Waals surface area (Å²) in [5, 5.41) is 14.0. The zero-order valence-electron chi connectivity index (χ0n) is 21.8. The summed E-state index contributed by atoms with van der Waals surface area (Å²) < 4.78 is 5.51. The molecule has 0 bridgehead atoms. The number of nitrogens with zero attached hydrogens (tertiary/aromatic N) is 1. The first-order valence-electron chi connectivity index (χ1n) is 12.4. The summed E-state index contributed by atoms with van der Waals surface area (Å²) in [6.45, 7) is 1.81. The van der Waals surface area contributed by atoms with Gasteiger partial charge in [-0.15, -0.1) is 0 Å². The van der Waals surface area contributed by atoms with Crippen LogP contribution in [0.1, 0.15) is 29.7 Å². The Labute approximate surface area is 227 Å². The Balaban J connectivity index is 1.79. The molecule has 4 aromatic carbocycles. The first kappa shape index (κ1) is 26.9. The maximum atomic E-state index is 13.8. The second-order valence-electron chi connectivity index (χ2n) is 8.89. The van der Waals surface area contributed by atoms with E-state index in [0.29, 0.717) is 40.5 Å². The molecular formula is C31H31N5O3. The minimum Gasteiger partial charge on any atom is -0.497 e. The number of ether oxygens (including phenoxy) is 1. The number of rotatable bonds is 10. The number of nitrogen functional groups attached to an aromatic ring is 1. The molecule has 0 fully saturated rings. The first-order chi connectivity index (χ1) is 18.9. The average Bonchev–Trinajstić information content (AvgIpc) is 2.96. The first-order valence-corrected chi connectivity index (χ1v) is 12.4. The fourth-order valence-corrected chi connectivity index (χ4v) is 4.25. The Morgan fingerprint density at radius 1 is 0.923 bits per heavy atom. The standard InChI is InChI=1S/C31H31N5O3/c1-21(37)36(25-11-7-4-8-12-25)28-18-17-26(39-2)19-27(28)29(31(38)34-20-22-9-5-3-6-10-22)35-24-15-13-23(14-16-24)30(32)33/h3-19,29,35H,20H2,1-2H3,(H3,32,33)(H,34,38). The third-order valence-corrected chi connectivity index (χ3v) is 6.19. The summed E-state index contributed by atoms with van der Waals surface area (Å²) >= 11 is 0. The van der Waals surface area contributed by atoms with Gasteiger partial charge in [-0.1, -0.05) is 48.5 Å². The van der Waals surface area contributed by atoms with Gasteiger partial charge in [-0.05, 0) is 60.2 Å². The number of hydrogen-bond donors (Lipinski definition) is 4. The molecule has 39 heavy (non-hydrogen) atoms. The maximum absolute atomic E-state index is 13.8.